The first-order valence-electron chi connectivity index (χ1n) is 7.75. The van der Waals surface area contributed by atoms with Crippen LogP contribution < -0.4 is 10.6 Å². The molecular weight excluding hydrogens is 250 g/mol. The molecule has 0 aliphatic rings. The molecule has 0 fully saturated rings. The molecule has 0 aliphatic carbocycles. The van der Waals surface area contributed by atoms with E-state index in [1.165, 1.54) is 6.42 Å². The highest BCUT2D eigenvalue weighted by Gasteiger charge is 2.04. The molecule has 0 unspecified atom stereocenters. The lowest BCUT2D eigenvalue weighted by Crippen LogP contribution is -2.29. The van der Waals surface area contributed by atoms with Gasteiger partial charge in [-0.15, -0.1) is 0 Å². The Hall–Kier alpha value is -1.36. The molecular formula is C15H29N5. The van der Waals surface area contributed by atoms with Crippen molar-refractivity contribution in [1.82, 2.24) is 14.9 Å². The molecule has 20 heavy (non-hydrogen) atoms. The molecule has 1 heterocycles. The molecule has 0 amide bonds. The standard InChI is InChI=1S/C15H29N5/c1-5-8-13-18-14(16-4)12-15(19-13)17-9-11-20(7-3)10-6-2/h12H,5-11H2,1-4H3,(H2,16,17,18,19). The van der Waals surface area contributed by atoms with Gasteiger partial charge in [-0.25, -0.2) is 9.97 Å². The van der Waals surface area contributed by atoms with Crippen LogP contribution >= 0.6 is 0 Å². The van der Waals surface area contributed by atoms with Crippen molar-refractivity contribution in [2.45, 2.75) is 40.0 Å². The molecule has 5 nitrogen and oxygen atoms in total. The van der Waals surface area contributed by atoms with Crippen LogP contribution in [-0.2, 0) is 6.42 Å². The Balaban J connectivity index is 2.55. The molecule has 0 saturated heterocycles. The minimum atomic E-state index is 0.881. The monoisotopic (exact) mass is 279 g/mol. The van der Waals surface area contributed by atoms with Crippen LogP contribution in [0.5, 0.6) is 0 Å². The van der Waals surface area contributed by atoms with E-state index < -0.39 is 0 Å². The topological polar surface area (TPSA) is 53.1 Å². The maximum absolute atomic E-state index is 4.56. The van der Waals surface area contributed by atoms with Gasteiger partial charge in [0.05, 0.1) is 0 Å². The summed E-state index contributed by atoms with van der Waals surface area (Å²) >= 11 is 0. The van der Waals surface area contributed by atoms with Gasteiger partial charge in [0.25, 0.3) is 0 Å². The number of anilines is 2. The van der Waals surface area contributed by atoms with Gasteiger partial charge in [0.2, 0.25) is 0 Å². The zero-order valence-electron chi connectivity index (χ0n) is 13.4. The minimum absolute atomic E-state index is 0.881. The molecule has 1 aromatic heterocycles. The van der Waals surface area contributed by atoms with Crippen molar-refractivity contribution >= 4 is 11.6 Å². The van der Waals surface area contributed by atoms with Gasteiger partial charge in [0.15, 0.2) is 0 Å². The smallest absolute Gasteiger partial charge is 0.133 e. The van der Waals surface area contributed by atoms with E-state index in [0.717, 1.165) is 56.5 Å². The van der Waals surface area contributed by atoms with E-state index in [4.69, 9.17) is 0 Å². The summed E-state index contributed by atoms with van der Waals surface area (Å²) in [6, 6.07) is 1.97. The third-order valence-electron chi connectivity index (χ3n) is 3.22. The van der Waals surface area contributed by atoms with Gasteiger partial charge in [-0.1, -0.05) is 20.8 Å². The first-order chi connectivity index (χ1) is 9.73. The highest BCUT2D eigenvalue weighted by Crippen LogP contribution is 2.11. The normalized spacial score (nSPS) is 10.8. The first-order valence-corrected chi connectivity index (χ1v) is 7.75. The third kappa shape index (κ3) is 5.74. The minimum Gasteiger partial charge on any atom is -0.373 e. The van der Waals surface area contributed by atoms with E-state index in [2.05, 4.69) is 46.3 Å². The summed E-state index contributed by atoms with van der Waals surface area (Å²) in [4.78, 5) is 11.5. The van der Waals surface area contributed by atoms with Crippen LogP contribution in [0.4, 0.5) is 11.6 Å². The van der Waals surface area contributed by atoms with Crippen LogP contribution in [-0.4, -0.2) is 48.1 Å². The van der Waals surface area contributed by atoms with Crippen LogP contribution in [0.1, 0.15) is 39.4 Å². The fourth-order valence-electron chi connectivity index (χ4n) is 2.14. The number of nitrogens with one attached hydrogen (secondary N) is 2. The van der Waals surface area contributed by atoms with Crippen molar-refractivity contribution < 1.29 is 0 Å². The Morgan fingerprint density at radius 3 is 2.40 bits per heavy atom. The molecule has 0 radical (unpaired) electrons. The fourth-order valence-corrected chi connectivity index (χ4v) is 2.14. The maximum Gasteiger partial charge on any atom is 0.133 e. The number of nitrogens with zero attached hydrogens (tertiary/aromatic N) is 3. The lowest BCUT2D eigenvalue weighted by Gasteiger charge is -2.19. The van der Waals surface area contributed by atoms with Gasteiger partial charge < -0.3 is 15.5 Å². The lowest BCUT2D eigenvalue weighted by molar-refractivity contribution is 0.300. The summed E-state index contributed by atoms with van der Waals surface area (Å²) in [7, 11) is 1.89. The highest BCUT2D eigenvalue weighted by molar-refractivity contribution is 5.47. The summed E-state index contributed by atoms with van der Waals surface area (Å²) in [5.41, 5.74) is 0. The van der Waals surface area contributed by atoms with Crippen molar-refractivity contribution in [3.63, 3.8) is 0 Å². The molecule has 1 rings (SSSR count). The predicted octanol–water partition coefficient (Wildman–Crippen LogP) is 2.61. The Labute approximate surface area is 123 Å². The molecule has 0 atom stereocenters. The first kappa shape index (κ1) is 16.7. The maximum atomic E-state index is 4.56. The average Bonchev–Trinajstić information content (AvgIpc) is 2.46. The number of hydrogen-bond donors (Lipinski definition) is 2. The van der Waals surface area contributed by atoms with Crippen LogP contribution in [0.15, 0.2) is 6.07 Å². The van der Waals surface area contributed by atoms with Crippen molar-refractivity contribution in [2.24, 2.45) is 0 Å². The molecule has 0 spiro atoms. The molecule has 0 bridgehead atoms. The van der Waals surface area contributed by atoms with Crippen LogP contribution in [0.25, 0.3) is 0 Å². The van der Waals surface area contributed by atoms with Gasteiger partial charge >= 0.3 is 0 Å². The highest BCUT2D eigenvalue weighted by atomic mass is 15.1. The Morgan fingerprint density at radius 1 is 1.05 bits per heavy atom. The third-order valence-corrected chi connectivity index (χ3v) is 3.22. The van der Waals surface area contributed by atoms with E-state index >= 15 is 0 Å². The quantitative estimate of drug-likeness (QED) is 0.689. The van der Waals surface area contributed by atoms with E-state index in [1.807, 2.05) is 13.1 Å². The summed E-state index contributed by atoms with van der Waals surface area (Å²) in [6.45, 7) is 10.8. The van der Waals surface area contributed by atoms with Crippen molar-refractivity contribution in [3.8, 4) is 0 Å². The molecule has 1 aromatic rings. The second kappa shape index (κ2) is 9.53. The molecule has 114 valence electrons. The van der Waals surface area contributed by atoms with Gasteiger partial charge in [0.1, 0.15) is 17.5 Å². The van der Waals surface area contributed by atoms with Gasteiger partial charge in [-0.05, 0) is 25.9 Å². The van der Waals surface area contributed by atoms with Gasteiger partial charge in [-0.3, -0.25) is 0 Å². The van der Waals surface area contributed by atoms with E-state index in [1.54, 1.807) is 0 Å². The summed E-state index contributed by atoms with van der Waals surface area (Å²) in [6.07, 6.45) is 3.18. The molecule has 0 aromatic carbocycles. The van der Waals surface area contributed by atoms with Crippen LogP contribution in [0, 0.1) is 0 Å². The van der Waals surface area contributed by atoms with Gasteiger partial charge in [0, 0.05) is 32.6 Å². The van der Waals surface area contributed by atoms with E-state index in [9.17, 15) is 0 Å². The summed E-state index contributed by atoms with van der Waals surface area (Å²) < 4.78 is 0. The zero-order chi connectivity index (χ0) is 14.8. The van der Waals surface area contributed by atoms with Crippen LogP contribution in [0.3, 0.4) is 0 Å². The summed E-state index contributed by atoms with van der Waals surface area (Å²) in [5, 5.41) is 6.50. The lowest BCUT2D eigenvalue weighted by atomic mass is 10.3. The van der Waals surface area contributed by atoms with Crippen molar-refractivity contribution in [1.29, 1.82) is 0 Å². The number of likely N-dealkylation sites (N-methyl/N-ethyl adjacent to an activating group) is 1. The van der Waals surface area contributed by atoms with Gasteiger partial charge in [-0.2, -0.15) is 0 Å². The van der Waals surface area contributed by atoms with Crippen molar-refractivity contribution in [3.05, 3.63) is 11.9 Å². The number of aromatic nitrogens is 2. The fraction of sp³-hybridized carbons (Fsp3) is 0.733. The SMILES string of the molecule is CCCc1nc(NC)cc(NCCN(CC)CCC)n1. The average molecular weight is 279 g/mol. The van der Waals surface area contributed by atoms with E-state index in [0.29, 0.717) is 0 Å². The molecule has 0 saturated carbocycles. The molecule has 0 aliphatic heterocycles. The number of aryl methyl sites for hydroxylation is 1. The zero-order valence-corrected chi connectivity index (χ0v) is 13.4. The second-order valence-electron chi connectivity index (χ2n) is 4.92. The largest absolute Gasteiger partial charge is 0.373 e. The second-order valence-corrected chi connectivity index (χ2v) is 4.92. The van der Waals surface area contributed by atoms with Crippen LogP contribution in [0.2, 0.25) is 0 Å². The summed E-state index contributed by atoms with van der Waals surface area (Å²) in [5.74, 6) is 2.70. The molecule has 5 heteroatoms. The number of hydrogen-bond acceptors (Lipinski definition) is 5. The Bertz CT molecular complexity index is 381. The number of rotatable bonds is 10. The van der Waals surface area contributed by atoms with Crippen molar-refractivity contribution in [2.75, 3.05) is 43.9 Å². The molecule has 2 N–H and O–H groups in total. The Morgan fingerprint density at radius 2 is 1.80 bits per heavy atom. The Kier molecular flexibility index (Phi) is 7.95. The predicted molar refractivity (Wildman–Crippen MR) is 86.5 cm³/mol. The van der Waals surface area contributed by atoms with E-state index in [-0.39, 0.29) is 0 Å².